The summed E-state index contributed by atoms with van der Waals surface area (Å²) in [4.78, 5) is 4.54. The summed E-state index contributed by atoms with van der Waals surface area (Å²) in [6.07, 6.45) is 1.02. The van der Waals surface area contributed by atoms with Gasteiger partial charge >= 0.3 is 0 Å². The van der Waals surface area contributed by atoms with Gasteiger partial charge in [0.25, 0.3) is 0 Å². The summed E-state index contributed by atoms with van der Waals surface area (Å²) in [5, 5.41) is 6.48. The van der Waals surface area contributed by atoms with Crippen LogP contribution in [0.3, 0.4) is 0 Å². The van der Waals surface area contributed by atoms with Gasteiger partial charge in [-0.2, -0.15) is 0 Å². The van der Waals surface area contributed by atoms with Crippen LogP contribution in [0.4, 0.5) is 0 Å². The van der Waals surface area contributed by atoms with Crippen molar-refractivity contribution in [2.75, 3.05) is 39.5 Å². The first-order valence-electron chi connectivity index (χ1n) is 8.54. The topological polar surface area (TPSA) is 54.9 Å². The molecule has 2 N–H and O–H groups in total. The molecule has 0 saturated heterocycles. The smallest absolute Gasteiger partial charge is 0.191 e. The number of aliphatic imine (C=N–C) groups is 1. The van der Waals surface area contributed by atoms with Crippen molar-refractivity contribution in [1.29, 1.82) is 0 Å². The van der Waals surface area contributed by atoms with E-state index in [0.717, 1.165) is 38.6 Å². The molecule has 0 aliphatic heterocycles. The van der Waals surface area contributed by atoms with Gasteiger partial charge in [-0.3, -0.25) is 4.99 Å². The molecule has 5 heteroatoms. The van der Waals surface area contributed by atoms with Crippen LogP contribution in [0.2, 0.25) is 0 Å². The Hall–Kier alpha value is -1.59. The van der Waals surface area contributed by atoms with Gasteiger partial charge in [-0.05, 0) is 32.8 Å². The van der Waals surface area contributed by atoms with Gasteiger partial charge in [0.1, 0.15) is 0 Å². The van der Waals surface area contributed by atoms with Crippen LogP contribution in [0, 0.1) is 0 Å². The van der Waals surface area contributed by atoms with Gasteiger partial charge in [-0.15, -0.1) is 0 Å². The van der Waals surface area contributed by atoms with Gasteiger partial charge in [0.2, 0.25) is 0 Å². The molecule has 1 aromatic rings. The second kappa shape index (κ2) is 12.9. The van der Waals surface area contributed by atoms with Crippen molar-refractivity contribution in [3.05, 3.63) is 35.9 Å². The molecule has 0 saturated carbocycles. The number of nitrogens with one attached hydrogen (secondary N) is 2. The number of ether oxygens (including phenoxy) is 2. The Balaban J connectivity index is 2.21. The standard InChI is InChI=1S/C18H31N3O2/c1-4-19-18(21-13-15-22-5-2)20-12-9-14-23-16(3)17-10-7-6-8-11-17/h6-8,10-11,16H,4-5,9,12-15H2,1-3H3,(H2,19,20,21). The zero-order valence-electron chi connectivity index (χ0n) is 14.7. The van der Waals surface area contributed by atoms with Gasteiger partial charge in [0.05, 0.1) is 12.7 Å². The van der Waals surface area contributed by atoms with Crippen LogP contribution in [0.5, 0.6) is 0 Å². The van der Waals surface area contributed by atoms with Crippen molar-refractivity contribution >= 4 is 5.96 Å². The molecule has 0 aliphatic rings. The molecule has 0 fully saturated rings. The number of rotatable bonds is 11. The van der Waals surface area contributed by atoms with Crippen molar-refractivity contribution in [1.82, 2.24) is 10.6 Å². The SMILES string of the molecule is CCNC(=NCCCOC(C)c1ccccc1)NCCOCC. The number of hydrogen-bond donors (Lipinski definition) is 2. The third-order valence-electron chi connectivity index (χ3n) is 3.30. The van der Waals surface area contributed by atoms with E-state index in [-0.39, 0.29) is 6.10 Å². The third-order valence-corrected chi connectivity index (χ3v) is 3.30. The number of guanidine groups is 1. The first-order valence-corrected chi connectivity index (χ1v) is 8.54. The van der Waals surface area contributed by atoms with Crippen LogP contribution in [0.15, 0.2) is 35.3 Å². The highest BCUT2D eigenvalue weighted by Gasteiger charge is 2.04. The maximum atomic E-state index is 5.85. The molecule has 0 amide bonds. The van der Waals surface area contributed by atoms with Crippen molar-refractivity contribution in [3.63, 3.8) is 0 Å². The quantitative estimate of drug-likeness (QED) is 0.374. The second-order valence-corrected chi connectivity index (χ2v) is 5.16. The van der Waals surface area contributed by atoms with Crippen molar-refractivity contribution in [2.24, 2.45) is 4.99 Å². The Morgan fingerprint density at radius 3 is 2.61 bits per heavy atom. The largest absolute Gasteiger partial charge is 0.380 e. The van der Waals surface area contributed by atoms with Gasteiger partial charge in [-0.1, -0.05) is 30.3 Å². The number of benzene rings is 1. The lowest BCUT2D eigenvalue weighted by Gasteiger charge is -2.13. The Morgan fingerprint density at radius 2 is 1.91 bits per heavy atom. The lowest BCUT2D eigenvalue weighted by molar-refractivity contribution is 0.0652. The minimum atomic E-state index is 0.123. The average Bonchev–Trinajstić information content (AvgIpc) is 2.58. The summed E-state index contributed by atoms with van der Waals surface area (Å²) >= 11 is 0. The number of nitrogens with zero attached hydrogens (tertiary/aromatic N) is 1. The fourth-order valence-corrected chi connectivity index (χ4v) is 2.06. The Morgan fingerprint density at radius 1 is 1.13 bits per heavy atom. The Bertz CT molecular complexity index is 424. The first-order chi connectivity index (χ1) is 11.3. The fourth-order valence-electron chi connectivity index (χ4n) is 2.06. The second-order valence-electron chi connectivity index (χ2n) is 5.16. The summed E-state index contributed by atoms with van der Waals surface area (Å²) in [6, 6.07) is 10.3. The predicted molar refractivity (Wildman–Crippen MR) is 95.9 cm³/mol. The Labute approximate surface area is 140 Å². The summed E-state index contributed by atoms with van der Waals surface area (Å²) < 4.78 is 11.2. The van der Waals surface area contributed by atoms with Gasteiger partial charge < -0.3 is 20.1 Å². The molecule has 0 spiro atoms. The summed E-state index contributed by atoms with van der Waals surface area (Å²) in [5.74, 6) is 0.836. The van der Waals surface area contributed by atoms with Crippen LogP contribution >= 0.6 is 0 Å². The molecule has 23 heavy (non-hydrogen) atoms. The lowest BCUT2D eigenvalue weighted by Crippen LogP contribution is -2.39. The normalized spacial score (nSPS) is 12.9. The van der Waals surface area contributed by atoms with E-state index in [0.29, 0.717) is 13.2 Å². The average molecular weight is 321 g/mol. The molecule has 1 rings (SSSR count). The van der Waals surface area contributed by atoms with E-state index in [9.17, 15) is 0 Å². The molecule has 0 radical (unpaired) electrons. The van der Waals surface area contributed by atoms with Gasteiger partial charge in [0.15, 0.2) is 5.96 Å². The van der Waals surface area contributed by atoms with E-state index < -0.39 is 0 Å². The fraction of sp³-hybridized carbons (Fsp3) is 0.611. The first kappa shape index (κ1) is 19.5. The molecular weight excluding hydrogens is 290 g/mol. The molecular formula is C18H31N3O2. The zero-order chi connectivity index (χ0) is 16.8. The van der Waals surface area contributed by atoms with Crippen molar-refractivity contribution in [2.45, 2.75) is 33.3 Å². The number of hydrogen-bond acceptors (Lipinski definition) is 3. The summed E-state index contributed by atoms with van der Waals surface area (Å²) in [6.45, 7) is 10.6. The minimum absolute atomic E-state index is 0.123. The highest BCUT2D eigenvalue weighted by molar-refractivity contribution is 5.79. The molecule has 0 aromatic heterocycles. The summed E-state index contributed by atoms with van der Waals surface area (Å²) in [7, 11) is 0. The van der Waals surface area contributed by atoms with E-state index in [1.54, 1.807) is 0 Å². The molecule has 0 heterocycles. The van der Waals surface area contributed by atoms with Crippen molar-refractivity contribution < 1.29 is 9.47 Å². The lowest BCUT2D eigenvalue weighted by atomic mass is 10.1. The van der Waals surface area contributed by atoms with Gasteiger partial charge in [-0.25, -0.2) is 0 Å². The molecule has 5 nitrogen and oxygen atoms in total. The predicted octanol–water partition coefficient (Wildman–Crippen LogP) is 2.75. The van der Waals surface area contributed by atoms with Crippen LogP contribution < -0.4 is 10.6 Å². The van der Waals surface area contributed by atoms with Crippen molar-refractivity contribution in [3.8, 4) is 0 Å². The molecule has 0 bridgehead atoms. The maximum absolute atomic E-state index is 5.85. The van der Waals surface area contributed by atoms with E-state index in [2.05, 4.69) is 41.6 Å². The molecule has 0 aliphatic carbocycles. The maximum Gasteiger partial charge on any atom is 0.191 e. The highest BCUT2D eigenvalue weighted by Crippen LogP contribution is 2.15. The van der Waals surface area contributed by atoms with E-state index in [1.165, 1.54) is 5.56 Å². The Kier molecular flexibility index (Phi) is 10.9. The van der Waals surface area contributed by atoms with E-state index in [4.69, 9.17) is 9.47 Å². The summed E-state index contributed by atoms with van der Waals surface area (Å²) in [5.41, 5.74) is 1.21. The molecule has 1 aromatic carbocycles. The van der Waals surface area contributed by atoms with Crippen LogP contribution in [0.25, 0.3) is 0 Å². The van der Waals surface area contributed by atoms with E-state index >= 15 is 0 Å². The van der Waals surface area contributed by atoms with Crippen LogP contribution in [-0.4, -0.2) is 45.4 Å². The van der Waals surface area contributed by atoms with Crippen LogP contribution in [-0.2, 0) is 9.47 Å². The van der Waals surface area contributed by atoms with E-state index in [1.807, 2.05) is 25.1 Å². The van der Waals surface area contributed by atoms with Gasteiger partial charge in [0, 0.05) is 32.8 Å². The highest BCUT2D eigenvalue weighted by atomic mass is 16.5. The molecule has 1 unspecified atom stereocenters. The molecule has 130 valence electrons. The van der Waals surface area contributed by atoms with Crippen LogP contribution in [0.1, 0.15) is 38.9 Å². The minimum Gasteiger partial charge on any atom is -0.380 e. The monoisotopic (exact) mass is 321 g/mol. The third kappa shape index (κ3) is 9.21. The zero-order valence-corrected chi connectivity index (χ0v) is 14.7. The molecule has 1 atom stereocenters.